The van der Waals surface area contributed by atoms with Crippen molar-refractivity contribution in [2.45, 2.75) is 0 Å². The van der Waals surface area contributed by atoms with Gasteiger partial charge in [-0.05, 0) is 29.8 Å². The average molecular weight is 407 g/mol. The molecular formula is C23H14FN7. The van der Waals surface area contributed by atoms with Crippen LogP contribution in [0.3, 0.4) is 0 Å². The second kappa shape index (κ2) is 6.81. The van der Waals surface area contributed by atoms with Crippen LogP contribution in [0.1, 0.15) is 0 Å². The van der Waals surface area contributed by atoms with E-state index in [2.05, 4.69) is 30.1 Å². The van der Waals surface area contributed by atoms with E-state index in [1.54, 1.807) is 24.7 Å². The molecule has 0 unspecified atom stereocenters. The Kier molecular flexibility index (Phi) is 3.82. The fraction of sp³-hybridized carbons (Fsp3) is 0. The third-order valence-corrected chi connectivity index (χ3v) is 5.18. The third-order valence-electron chi connectivity index (χ3n) is 5.18. The van der Waals surface area contributed by atoms with Crippen LogP contribution in [0.4, 0.5) is 4.39 Å². The number of nitrogens with one attached hydrogen (secondary N) is 2. The SMILES string of the molecule is Fc1cccc(-c2cccc3[nH]c(-c4n[nH]c5cnc(-c6cncnc6)cc45)nc23)c1. The zero-order valence-corrected chi connectivity index (χ0v) is 16.0. The number of para-hydroxylation sites is 1. The molecule has 0 radical (unpaired) electrons. The van der Waals surface area contributed by atoms with E-state index in [1.807, 2.05) is 30.3 Å². The monoisotopic (exact) mass is 407 g/mol. The molecule has 0 spiro atoms. The van der Waals surface area contributed by atoms with Gasteiger partial charge in [0.05, 0.1) is 28.4 Å². The van der Waals surface area contributed by atoms with E-state index in [1.165, 1.54) is 18.5 Å². The maximum absolute atomic E-state index is 13.8. The summed E-state index contributed by atoms with van der Waals surface area (Å²) in [7, 11) is 0. The van der Waals surface area contributed by atoms with Crippen molar-refractivity contribution in [3.05, 3.63) is 79.3 Å². The quantitative estimate of drug-likeness (QED) is 0.441. The van der Waals surface area contributed by atoms with Gasteiger partial charge in [-0.25, -0.2) is 19.3 Å². The van der Waals surface area contributed by atoms with Gasteiger partial charge in [-0.15, -0.1) is 0 Å². The lowest BCUT2D eigenvalue weighted by Crippen LogP contribution is -1.87. The lowest BCUT2D eigenvalue weighted by molar-refractivity contribution is 0.628. The first-order valence-corrected chi connectivity index (χ1v) is 9.61. The molecule has 6 aromatic rings. The zero-order chi connectivity index (χ0) is 20.8. The molecule has 0 fully saturated rings. The fourth-order valence-electron chi connectivity index (χ4n) is 3.72. The van der Waals surface area contributed by atoms with Crippen molar-refractivity contribution < 1.29 is 4.39 Å². The number of aromatic nitrogens is 7. The Balaban J connectivity index is 1.52. The van der Waals surface area contributed by atoms with Crippen molar-refractivity contribution >= 4 is 21.9 Å². The van der Waals surface area contributed by atoms with Gasteiger partial charge in [0, 0.05) is 28.9 Å². The molecule has 0 amide bonds. The van der Waals surface area contributed by atoms with Crippen molar-refractivity contribution in [1.29, 1.82) is 0 Å². The van der Waals surface area contributed by atoms with Gasteiger partial charge in [0.2, 0.25) is 0 Å². The molecule has 0 aliphatic rings. The lowest BCUT2D eigenvalue weighted by atomic mass is 10.0. The second-order valence-corrected chi connectivity index (χ2v) is 7.11. The predicted octanol–water partition coefficient (Wildman–Crippen LogP) is 4.76. The molecule has 4 aromatic heterocycles. The molecule has 0 bridgehead atoms. The van der Waals surface area contributed by atoms with E-state index >= 15 is 0 Å². The Morgan fingerprint density at radius 2 is 1.71 bits per heavy atom. The molecule has 7 nitrogen and oxygen atoms in total. The highest BCUT2D eigenvalue weighted by Gasteiger charge is 2.16. The standard InChI is InChI=1S/C23H14FN7/c24-15-4-1-3-13(7-15)16-5-2-6-18-21(16)29-23(28-18)22-17-8-19(14-9-25-12-26-10-14)27-11-20(17)30-31-22/h1-12H,(H,28,29)(H,30,31). The van der Waals surface area contributed by atoms with Crippen molar-refractivity contribution in [3.63, 3.8) is 0 Å². The van der Waals surface area contributed by atoms with Crippen LogP contribution in [0.15, 0.2) is 73.4 Å². The highest BCUT2D eigenvalue weighted by Crippen LogP contribution is 2.32. The molecular weight excluding hydrogens is 393 g/mol. The number of rotatable bonds is 3. The van der Waals surface area contributed by atoms with Crippen LogP contribution in [0, 0.1) is 5.82 Å². The summed E-state index contributed by atoms with van der Waals surface area (Å²) in [6.07, 6.45) is 6.64. The number of aromatic amines is 2. The van der Waals surface area contributed by atoms with Gasteiger partial charge in [0.25, 0.3) is 0 Å². The molecule has 0 aliphatic carbocycles. The fourth-order valence-corrected chi connectivity index (χ4v) is 3.72. The number of imidazole rings is 1. The first-order valence-electron chi connectivity index (χ1n) is 9.61. The Hall–Kier alpha value is -4.46. The maximum atomic E-state index is 13.8. The second-order valence-electron chi connectivity index (χ2n) is 7.11. The van der Waals surface area contributed by atoms with Gasteiger partial charge in [-0.1, -0.05) is 24.3 Å². The van der Waals surface area contributed by atoms with Crippen LogP contribution < -0.4 is 0 Å². The molecule has 0 saturated heterocycles. The van der Waals surface area contributed by atoms with Crippen LogP contribution in [-0.4, -0.2) is 35.1 Å². The summed E-state index contributed by atoms with van der Waals surface area (Å²) in [5, 5.41) is 8.35. The summed E-state index contributed by atoms with van der Waals surface area (Å²) in [5.74, 6) is 0.333. The first kappa shape index (κ1) is 17.4. The molecule has 4 heterocycles. The molecule has 0 aliphatic heterocycles. The van der Waals surface area contributed by atoms with Crippen molar-refractivity contribution in [1.82, 2.24) is 35.1 Å². The number of nitrogens with zero attached hydrogens (tertiary/aromatic N) is 5. The summed E-state index contributed by atoms with van der Waals surface area (Å²) < 4.78 is 13.8. The van der Waals surface area contributed by atoms with Crippen LogP contribution in [0.25, 0.3) is 55.8 Å². The molecule has 31 heavy (non-hydrogen) atoms. The Labute approximate surface area is 175 Å². The minimum absolute atomic E-state index is 0.284. The molecule has 6 rings (SSSR count). The van der Waals surface area contributed by atoms with E-state index < -0.39 is 0 Å². The molecule has 2 N–H and O–H groups in total. The molecule has 8 heteroatoms. The van der Waals surface area contributed by atoms with Gasteiger partial charge in [-0.3, -0.25) is 10.1 Å². The van der Waals surface area contributed by atoms with Gasteiger partial charge >= 0.3 is 0 Å². The molecule has 2 aromatic carbocycles. The summed E-state index contributed by atoms with van der Waals surface area (Å²) >= 11 is 0. The largest absolute Gasteiger partial charge is 0.337 e. The van der Waals surface area contributed by atoms with Crippen molar-refractivity contribution in [2.75, 3.05) is 0 Å². The van der Waals surface area contributed by atoms with E-state index in [9.17, 15) is 4.39 Å². The molecule has 148 valence electrons. The minimum atomic E-state index is -0.284. The number of H-pyrrole nitrogens is 2. The number of fused-ring (bicyclic) bond motifs is 2. The Morgan fingerprint density at radius 1 is 0.839 bits per heavy atom. The zero-order valence-electron chi connectivity index (χ0n) is 16.0. The third kappa shape index (κ3) is 2.93. The topological polar surface area (TPSA) is 96.0 Å². The lowest BCUT2D eigenvalue weighted by Gasteiger charge is -2.02. The van der Waals surface area contributed by atoms with Crippen LogP contribution >= 0.6 is 0 Å². The molecule has 0 saturated carbocycles. The smallest absolute Gasteiger partial charge is 0.159 e. The number of hydrogen-bond donors (Lipinski definition) is 2. The number of hydrogen-bond acceptors (Lipinski definition) is 5. The van der Waals surface area contributed by atoms with Crippen molar-refractivity contribution in [2.24, 2.45) is 0 Å². The molecule has 0 atom stereocenters. The Bertz CT molecular complexity index is 1550. The highest BCUT2D eigenvalue weighted by molar-refractivity contribution is 5.97. The summed E-state index contributed by atoms with van der Waals surface area (Å²) in [5.41, 5.74) is 6.25. The number of pyridine rings is 1. The van der Waals surface area contributed by atoms with Crippen LogP contribution in [0.2, 0.25) is 0 Å². The summed E-state index contributed by atoms with van der Waals surface area (Å²) in [6.45, 7) is 0. The van der Waals surface area contributed by atoms with E-state index in [0.717, 1.165) is 44.3 Å². The summed E-state index contributed by atoms with van der Waals surface area (Å²) in [6, 6.07) is 14.2. The number of halogens is 1. The normalized spacial score (nSPS) is 11.4. The van der Waals surface area contributed by atoms with Crippen LogP contribution in [0.5, 0.6) is 0 Å². The van der Waals surface area contributed by atoms with Gasteiger partial charge < -0.3 is 4.98 Å². The van der Waals surface area contributed by atoms with Gasteiger partial charge in [0.1, 0.15) is 17.8 Å². The van der Waals surface area contributed by atoms with E-state index in [4.69, 9.17) is 4.98 Å². The maximum Gasteiger partial charge on any atom is 0.159 e. The minimum Gasteiger partial charge on any atom is -0.337 e. The van der Waals surface area contributed by atoms with E-state index in [0.29, 0.717) is 11.5 Å². The highest BCUT2D eigenvalue weighted by atomic mass is 19.1. The van der Waals surface area contributed by atoms with Crippen LogP contribution in [-0.2, 0) is 0 Å². The number of benzene rings is 2. The van der Waals surface area contributed by atoms with Gasteiger partial charge in [0.15, 0.2) is 5.82 Å². The summed E-state index contributed by atoms with van der Waals surface area (Å²) in [4.78, 5) is 20.7. The van der Waals surface area contributed by atoms with Crippen molar-refractivity contribution in [3.8, 4) is 33.9 Å². The van der Waals surface area contributed by atoms with E-state index in [-0.39, 0.29) is 5.82 Å². The average Bonchev–Trinajstić information content (AvgIpc) is 3.43. The predicted molar refractivity (Wildman–Crippen MR) is 115 cm³/mol. The van der Waals surface area contributed by atoms with Gasteiger partial charge in [-0.2, -0.15) is 5.10 Å². The Morgan fingerprint density at radius 3 is 2.58 bits per heavy atom. The first-order chi connectivity index (χ1) is 15.3.